The van der Waals surface area contributed by atoms with Gasteiger partial charge in [-0.1, -0.05) is 21.1 Å². The van der Waals surface area contributed by atoms with Crippen molar-refractivity contribution < 1.29 is 28.3 Å². The Morgan fingerprint density at radius 3 is 2.04 bits per heavy atom. The van der Waals surface area contributed by atoms with E-state index in [0.717, 1.165) is 6.21 Å². The van der Waals surface area contributed by atoms with Crippen LogP contribution in [0.5, 0.6) is 0 Å². The van der Waals surface area contributed by atoms with E-state index in [2.05, 4.69) is 25.9 Å². The summed E-state index contributed by atoms with van der Waals surface area (Å²) in [5.74, 6) is -1.01. The highest BCUT2D eigenvalue weighted by atomic mass is 79.9. The van der Waals surface area contributed by atoms with Crippen LogP contribution in [-0.4, -0.2) is 49.0 Å². The number of nitrogens with zero attached hydrogens (tertiary/aromatic N) is 1. The van der Waals surface area contributed by atoms with Crippen LogP contribution in [0.4, 0.5) is 4.39 Å². The van der Waals surface area contributed by atoms with Gasteiger partial charge in [-0.25, -0.2) is 4.39 Å². The zero-order chi connectivity index (χ0) is 19.1. The van der Waals surface area contributed by atoms with Crippen molar-refractivity contribution in [1.82, 2.24) is 0 Å². The summed E-state index contributed by atoms with van der Waals surface area (Å²) in [4.78, 5) is 27.6. The summed E-state index contributed by atoms with van der Waals surface area (Å²) in [6, 6.07) is 0. The third kappa shape index (κ3) is 8.08. The van der Waals surface area contributed by atoms with Gasteiger partial charge in [0.2, 0.25) is 0 Å². The number of carbonyl (C=O) groups excluding carboxylic acids is 2. The average Bonchev–Trinajstić information content (AvgIpc) is 2.44. The van der Waals surface area contributed by atoms with Crippen LogP contribution in [-0.2, 0) is 23.9 Å². The van der Waals surface area contributed by atoms with E-state index < -0.39 is 39.9 Å². The second-order valence-electron chi connectivity index (χ2n) is 7.37. The molecular formula is C16H27BrFNO5. The largest absolute Gasteiger partial charge is 0.464 e. The highest BCUT2D eigenvalue weighted by Gasteiger charge is 2.36. The van der Waals surface area contributed by atoms with Crippen molar-refractivity contribution in [2.24, 2.45) is 16.0 Å². The van der Waals surface area contributed by atoms with E-state index in [1.54, 1.807) is 41.5 Å². The topological polar surface area (TPSA) is 74.2 Å². The fourth-order valence-electron chi connectivity index (χ4n) is 1.31. The Morgan fingerprint density at radius 1 is 1.12 bits per heavy atom. The fourth-order valence-corrected chi connectivity index (χ4v) is 1.84. The minimum absolute atomic E-state index is 0.153. The molecule has 0 saturated carbocycles. The molecule has 0 aliphatic carbocycles. The van der Waals surface area contributed by atoms with Crippen molar-refractivity contribution >= 4 is 34.1 Å². The molecule has 24 heavy (non-hydrogen) atoms. The summed E-state index contributed by atoms with van der Waals surface area (Å²) in [5.41, 5.74) is -1.48. The number of oxime groups is 1. The molecular weight excluding hydrogens is 385 g/mol. The first kappa shape index (κ1) is 22.8. The van der Waals surface area contributed by atoms with Gasteiger partial charge in [0.15, 0.2) is 12.3 Å². The number of halogens is 2. The summed E-state index contributed by atoms with van der Waals surface area (Å²) in [5, 5.41) is 3.36. The number of carbonyl (C=O) groups is 2. The molecule has 0 saturated heterocycles. The molecule has 0 bridgehead atoms. The van der Waals surface area contributed by atoms with E-state index in [1.807, 2.05) is 0 Å². The van der Waals surface area contributed by atoms with Gasteiger partial charge in [-0.3, -0.25) is 9.59 Å². The van der Waals surface area contributed by atoms with E-state index in [4.69, 9.17) is 9.47 Å². The van der Waals surface area contributed by atoms with Crippen LogP contribution in [0.1, 0.15) is 41.5 Å². The van der Waals surface area contributed by atoms with E-state index in [-0.39, 0.29) is 6.61 Å². The predicted octanol–water partition coefficient (Wildman–Crippen LogP) is 3.27. The first-order valence-corrected chi connectivity index (χ1v) is 8.45. The molecule has 0 aliphatic heterocycles. The van der Waals surface area contributed by atoms with Gasteiger partial charge in [0.25, 0.3) is 0 Å². The van der Waals surface area contributed by atoms with Crippen LogP contribution >= 0.6 is 15.9 Å². The minimum Gasteiger partial charge on any atom is -0.464 e. The highest BCUT2D eigenvalue weighted by Crippen LogP contribution is 2.23. The molecule has 0 heterocycles. The lowest BCUT2D eigenvalue weighted by molar-refractivity contribution is -0.162. The number of esters is 2. The van der Waals surface area contributed by atoms with Gasteiger partial charge in [0, 0.05) is 0 Å². The van der Waals surface area contributed by atoms with Crippen LogP contribution in [0.2, 0.25) is 0 Å². The van der Waals surface area contributed by atoms with Crippen LogP contribution in [0.25, 0.3) is 0 Å². The van der Waals surface area contributed by atoms with Crippen molar-refractivity contribution in [3.63, 3.8) is 0 Å². The molecule has 6 nitrogen and oxygen atoms in total. The lowest BCUT2D eigenvalue weighted by Gasteiger charge is -2.28. The van der Waals surface area contributed by atoms with Gasteiger partial charge in [-0.05, 0) is 41.5 Å². The molecule has 0 fully saturated rings. The van der Waals surface area contributed by atoms with Crippen LogP contribution in [0.3, 0.4) is 0 Å². The first-order valence-electron chi connectivity index (χ1n) is 7.53. The SMILES string of the molecule is CON=C[C@H](F)[C@H](OC(=O)C(C)(C)C)[C@@H](Br)COC(=O)C(C)(C)C. The van der Waals surface area contributed by atoms with Crippen molar-refractivity contribution in [1.29, 1.82) is 0 Å². The second-order valence-corrected chi connectivity index (χ2v) is 8.54. The van der Waals surface area contributed by atoms with Crippen LogP contribution in [0.15, 0.2) is 5.16 Å². The van der Waals surface area contributed by atoms with Crippen LogP contribution < -0.4 is 0 Å². The predicted molar refractivity (Wildman–Crippen MR) is 92.9 cm³/mol. The molecule has 0 amide bonds. The molecule has 0 spiro atoms. The molecule has 0 radical (unpaired) electrons. The molecule has 0 aliphatic rings. The van der Waals surface area contributed by atoms with Gasteiger partial charge in [0.1, 0.15) is 13.7 Å². The van der Waals surface area contributed by atoms with Crippen molar-refractivity contribution in [3.8, 4) is 0 Å². The number of rotatable bonds is 7. The van der Waals surface area contributed by atoms with Crippen molar-refractivity contribution in [2.45, 2.75) is 58.6 Å². The second kappa shape index (κ2) is 9.34. The molecule has 0 aromatic carbocycles. The van der Waals surface area contributed by atoms with Gasteiger partial charge in [-0.2, -0.15) is 0 Å². The van der Waals surface area contributed by atoms with E-state index in [0.29, 0.717) is 0 Å². The van der Waals surface area contributed by atoms with Crippen molar-refractivity contribution in [3.05, 3.63) is 0 Å². The summed E-state index contributed by atoms with van der Waals surface area (Å²) in [6.45, 7) is 9.94. The first-order chi connectivity index (χ1) is 10.8. The maximum Gasteiger partial charge on any atom is 0.311 e. The van der Waals surface area contributed by atoms with E-state index >= 15 is 0 Å². The van der Waals surface area contributed by atoms with Gasteiger partial charge < -0.3 is 14.3 Å². The summed E-state index contributed by atoms with van der Waals surface area (Å²) in [6.07, 6.45) is -2.06. The van der Waals surface area contributed by atoms with E-state index in [9.17, 15) is 14.0 Å². The molecule has 0 unspecified atom stereocenters. The monoisotopic (exact) mass is 411 g/mol. The summed E-state index contributed by atoms with van der Waals surface area (Å²) >= 11 is 3.23. The van der Waals surface area contributed by atoms with Gasteiger partial charge in [-0.15, -0.1) is 0 Å². The molecule has 0 rings (SSSR count). The third-order valence-electron chi connectivity index (χ3n) is 2.82. The maximum absolute atomic E-state index is 14.3. The number of ether oxygens (including phenoxy) is 2. The van der Waals surface area contributed by atoms with Crippen molar-refractivity contribution in [2.75, 3.05) is 13.7 Å². The Labute approximate surface area is 151 Å². The quantitative estimate of drug-likeness (QED) is 0.278. The lowest BCUT2D eigenvalue weighted by atomic mass is 9.97. The number of hydrogen-bond acceptors (Lipinski definition) is 6. The molecule has 0 N–H and O–H groups in total. The minimum atomic E-state index is -1.73. The molecule has 8 heteroatoms. The Bertz CT molecular complexity index is 456. The Morgan fingerprint density at radius 2 is 1.62 bits per heavy atom. The highest BCUT2D eigenvalue weighted by molar-refractivity contribution is 9.09. The van der Waals surface area contributed by atoms with Gasteiger partial charge >= 0.3 is 11.9 Å². The third-order valence-corrected chi connectivity index (χ3v) is 3.61. The van der Waals surface area contributed by atoms with E-state index in [1.165, 1.54) is 7.11 Å². The number of hydrogen-bond donors (Lipinski definition) is 0. The molecule has 140 valence electrons. The Balaban J connectivity index is 5.06. The summed E-state index contributed by atoms with van der Waals surface area (Å²) in [7, 11) is 1.27. The Kier molecular flexibility index (Phi) is 8.88. The van der Waals surface area contributed by atoms with Crippen LogP contribution in [0, 0.1) is 10.8 Å². The molecule has 0 aromatic heterocycles. The van der Waals surface area contributed by atoms with Gasteiger partial charge in [0.05, 0.1) is 21.9 Å². The zero-order valence-corrected chi connectivity index (χ0v) is 16.8. The molecule has 3 atom stereocenters. The Hall–Kier alpha value is -1.18. The smallest absolute Gasteiger partial charge is 0.311 e. The normalized spacial score (nSPS) is 16.4. The number of alkyl halides is 2. The maximum atomic E-state index is 14.3. The average molecular weight is 412 g/mol. The standard InChI is InChI=1S/C16H27BrFNO5/c1-15(2,3)13(20)23-9-10(17)12(11(18)8-19-22-7)24-14(21)16(4,5)6/h8,10-12H,9H2,1-7H3/t10-,11-,12+/m0/s1. The molecule has 0 aromatic rings. The fraction of sp³-hybridized carbons (Fsp3) is 0.812. The lowest BCUT2D eigenvalue weighted by Crippen LogP contribution is -2.42. The summed E-state index contributed by atoms with van der Waals surface area (Å²) < 4.78 is 24.7. The zero-order valence-electron chi connectivity index (χ0n) is 15.3.